The van der Waals surface area contributed by atoms with Crippen LogP contribution >= 0.6 is 0 Å². The van der Waals surface area contributed by atoms with Crippen LogP contribution in [0.15, 0.2) is 35.3 Å². The molecule has 1 atom stereocenters. The number of hydrogen-bond acceptors (Lipinski definition) is 3. The summed E-state index contributed by atoms with van der Waals surface area (Å²) in [4.78, 5) is 0. The van der Waals surface area contributed by atoms with Crippen molar-refractivity contribution in [2.45, 2.75) is 38.8 Å². The lowest BCUT2D eigenvalue weighted by molar-refractivity contribution is 0.0557. The minimum atomic E-state index is -0.941. The Bertz CT molecular complexity index is 469. The minimum Gasteiger partial charge on any atom is -0.472 e. The van der Waals surface area contributed by atoms with Crippen LogP contribution < -0.4 is 0 Å². The van der Waals surface area contributed by atoms with Crippen LogP contribution in [0.25, 0.3) is 0 Å². The Labute approximate surface area is 101 Å². The molecule has 2 aromatic heterocycles. The van der Waals surface area contributed by atoms with Crippen LogP contribution in [0, 0.1) is 0 Å². The monoisotopic (exact) mass is 234 g/mol. The summed E-state index contributed by atoms with van der Waals surface area (Å²) in [7, 11) is 0. The van der Waals surface area contributed by atoms with E-state index in [0.29, 0.717) is 12.5 Å². The van der Waals surface area contributed by atoms with Gasteiger partial charge in [0.25, 0.3) is 0 Å². The fourth-order valence-electron chi connectivity index (χ4n) is 1.78. The van der Waals surface area contributed by atoms with E-state index in [1.165, 1.54) is 0 Å². The first kappa shape index (κ1) is 11.9. The number of nitrogens with zero attached hydrogens (tertiary/aromatic N) is 2. The molecule has 2 aromatic rings. The average molecular weight is 234 g/mol. The Morgan fingerprint density at radius 3 is 2.76 bits per heavy atom. The van der Waals surface area contributed by atoms with Crippen LogP contribution in [0.3, 0.4) is 0 Å². The molecule has 0 amide bonds. The minimum absolute atomic E-state index is 0.336. The van der Waals surface area contributed by atoms with Crippen LogP contribution in [0.2, 0.25) is 0 Å². The molecule has 0 spiro atoms. The van der Waals surface area contributed by atoms with E-state index in [1.54, 1.807) is 25.5 Å². The van der Waals surface area contributed by atoms with Gasteiger partial charge in [0.1, 0.15) is 0 Å². The second-order valence-electron chi connectivity index (χ2n) is 4.84. The van der Waals surface area contributed by atoms with Crippen molar-refractivity contribution < 1.29 is 9.52 Å². The molecule has 0 aromatic carbocycles. The normalized spacial score (nSPS) is 15.1. The number of hydrogen-bond donors (Lipinski definition) is 1. The lowest BCUT2D eigenvalue weighted by Gasteiger charge is -2.20. The highest BCUT2D eigenvalue weighted by Gasteiger charge is 2.25. The summed E-state index contributed by atoms with van der Waals surface area (Å²) >= 11 is 0. The molecule has 1 N–H and O–H groups in total. The highest BCUT2D eigenvalue weighted by Crippen LogP contribution is 2.25. The van der Waals surface area contributed by atoms with Crippen molar-refractivity contribution in [2.75, 3.05) is 0 Å². The zero-order valence-corrected chi connectivity index (χ0v) is 10.4. The molecular formula is C13H18N2O2. The highest BCUT2D eigenvalue weighted by atomic mass is 16.3. The number of rotatable bonds is 4. The summed E-state index contributed by atoms with van der Waals surface area (Å²) in [6.07, 6.45) is 5.55. The van der Waals surface area contributed by atoms with E-state index >= 15 is 0 Å². The van der Waals surface area contributed by atoms with Crippen molar-refractivity contribution in [2.24, 2.45) is 0 Å². The summed E-state index contributed by atoms with van der Waals surface area (Å²) < 4.78 is 6.89. The molecule has 17 heavy (non-hydrogen) atoms. The summed E-state index contributed by atoms with van der Waals surface area (Å²) in [5.41, 5.74) is 0.713. The zero-order valence-electron chi connectivity index (χ0n) is 10.4. The molecule has 4 nitrogen and oxygen atoms in total. The van der Waals surface area contributed by atoms with Gasteiger partial charge in [0, 0.05) is 24.2 Å². The van der Waals surface area contributed by atoms with Gasteiger partial charge in [-0.3, -0.25) is 4.68 Å². The van der Waals surface area contributed by atoms with Crippen molar-refractivity contribution in [3.05, 3.63) is 42.1 Å². The first-order valence-electron chi connectivity index (χ1n) is 5.78. The van der Waals surface area contributed by atoms with Crippen LogP contribution in [-0.4, -0.2) is 14.9 Å². The molecule has 0 aliphatic heterocycles. The van der Waals surface area contributed by atoms with Gasteiger partial charge in [-0.1, -0.05) is 0 Å². The third-order valence-electron chi connectivity index (χ3n) is 2.86. The summed E-state index contributed by atoms with van der Waals surface area (Å²) in [6, 6.07) is 4.05. The molecule has 0 fully saturated rings. The average Bonchev–Trinajstić information content (AvgIpc) is 2.85. The summed E-state index contributed by atoms with van der Waals surface area (Å²) in [6.45, 7) is 5.92. The lowest BCUT2D eigenvalue weighted by atomic mass is 9.94. The topological polar surface area (TPSA) is 51.2 Å². The van der Waals surface area contributed by atoms with Crippen LogP contribution in [0.5, 0.6) is 0 Å². The van der Waals surface area contributed by atoms with Crippen molar-refractivity contribution in [1.29, 1.82) is 0 Å². The Morgan fingerprint density at radius 2 is 2.24 bits per heavy atom. The van der Waals surface area contributed by atoms with Gasteiger partial charge in [0.05, 0.1) is 23.8 Å². The maximum Gasteiger partial charge on any atom is 0.0963 e. The molecular weight excluding hydrogens is 216 g/mol. The highest BCUT2D eigenvalue weighted by molar-refractivity contribution is 5.18. The van der Waals surface area contributed by atoms with Gasteiger partial charge in [-0.2, -0.15) is 5.10 Å². The molecule has 0 saturated heterocycles. The Hall–Kier alpha value is -1.55. The molecule has 92 valence electrons. The van der Waals surface area contributed by atoms with E-state index in [-0.39, 0.29) is 0 Å². The third kappa shape index (κ3) is 2.58. The third-order valence-corrected chi connectivity index (χ3v) is 2.86. The molecule has 0 radical (unpaired) electrons. The fourth-order valence-corrected chi connectivity index (χ4v) is 1.78. The maximum atomic E-state index is 10.4. The summed E-state index contributed by atoms with van der Waals surface area (Å²) in [5.74, 6) is 0. The molecule has 2 heterocycles. The smallest absolute Gasteiger partial charge is 0.0963 e. The van der Waals surface area contributed by atoms with Gasteiger partial charge in [-0.15, -0.1) is 0 Å². The van der Waals surface area contributed by atoms with Crippen LogP contribution in [-0.2, 0) is 12.0 Å². The molecule has 0 aliphatic rings. The first-order chi connectivity index (χ1) is 7.99. The fraction of sp³-hybridized carbons (Fsp3) is 0.462. The molecule has 4 heteroatoms. The number of aliphatic hydroxyl groups is 1. The molecule has 1 unspecified atom stereocenters. The Kier molecular flexibility index (Phi) is 3.07. The van der Waals surface area contributed by atoms with Crippen molar-refractivity contribution in [1.82, 2.24) is 9.78 Å². The molecule has 0 bridgehead atoms. The van der Waals surface area contributed by atoms with E-state index in [1.807, 2.05) is 16.9 Å². The standard InChI is InChI=1S/C13H18N2O2/c1-10(2)15-6-4-12(14-15)8-13(3,16)11-5-7-17-9-11/h4-7,9-10,16H,8H2,1-3H3. The lowest BCUT2D eigenvalue weighted by Crippen LogP contribution is -2.24. The van der Waals surface area contributed by atoms with Gasteiger partial charge in [-0.05, 0) is 32.9 Å². The second-order valence-corrected chi connectivity index (χ2v) is 4.84. The predicted molar refractivity (Wildman–Crippen MR) is 64.6 cm³/mol. The van der Waals surface area contributed by atoms with Crippen molar-refractivity contribution in [3.8, 4) is 0 Å². The van der Waals surface area contributed by atoms with Crippen LogP contribution in [0.1, 0.15) is 38.1 Å². The van der Waals surface area contributed by atoms with E-state index in [2.05, 4.69) is 18.9 Å². The first-order valence-corrected chi connectivity index (χ1v) is 5.78. The molecule has 0 saturated carbocycles. The quantitative estimate of drug-likeness (QED) is 0.884. The van der Waals surface area contributed by atoms with E-state index in [0.717, 1.165) is 11.3 Å². The van der Waals surface area contributed by atoms with Crippen LogP contribution in [0.4, 0.5) is 0 Å². The van der Waals surface area contributed by atoms with Gasteiger partial charge < -0.3 is 9.52 Å². The zero-order chi connectivity index (χ0) is 12.5. The van der Waals surface area contributed by atoms with Crippen molar-refractivity contribution in [3.63, 3.8) is 0 Å². The number of aromatic nitrogens is 2. The van der Waals surface area contributed by atoms with E-state index < -0.39 is 5.60 Å². The molecule has 2 rings (SSSR count). The largest absolute Gasteiger partial charge is 0.472 e. The number of furan rings is 1. The van der Waals surface area contributed by atoms with Gasteiger partial charge in [0.15, 0.2) is 0 Å². The SMILES string of the molecule is CC(C)n1ccc(CC(C)(O)c2ccoc2)n1. The Balaban J connectivity index is 2.14. The van der Waals surface area contributed by atoms with Gasteiger partial charge >= 0.3 is 0 Å². The molecule has 0 aliphatic carbocycles. The predicted octanol–water partition coefficient (Wildman–Crippen LogP) is 2.51. The van der Waals surface area contributed by atoms with E-state index in [9.17, 15) is 5.11 Å². The van der Waals surface area contributed by atoms with E-state index in [4.69, 9.17) is 4.42 Å². The van der Waals surface area contributed by atoms with Gasteiger partial charge in [0.2, 0.25) is 0 Å². The Morgan fingerprint density at radius 1 is 1.47 bits per heavy atom. The van der Waals surface area contributed by atoms with Crippen molar-refractivity contribution >= 4 is 0 Å². The maximum absolute atomic E-state index is 10.4. The summed E-state index contributed by atoms with van der Waals surface area (Å²) in [5, 5.41) is 14.8. The second kappa shape index (κ2) is 4.37. The van der Waals surface area contributed by atoms with Gasteiger partial charge in [-0.25, -0.2) is 0 Å².